The largest absolute Gasteiger partial charge is 0.340 e. The Bertz CT molecular complexity index is 677. The number of benzene rings is 1. The Hall–Kier alpha value is -2.46. The van der Waals surface area contributed by atoms with Crippen molar-refractivity contribution in [3.05, 3.63) is 72.1 Å². The normalized spacial score (nSPS) is 15.6. The summed E-state index contributed by atoms with van der Waals surface area (Å²) in [6, 6.07) is 14.3. The van der Waals surface area contributed by atoms with E-state index >= 15 is 0 Å². The summed E-state index contributed by atoms with van der Waals surface area (Å²) in [5.41, 5.74) is 2.35. The summed E-state index contributed by atoms with van der Waals surface area (Å²) in [5, 5.41) is 0. The number of amides is 1. The fourth-order valence-electron chi connectivity index (χ4n) is 3.04. The highest BCUT2D eigenvalue weighted by molar-refractivity contribution is 5.76. The zero-order valence-corrected chi connectivity index (χ0v) is 14.6. The Balaban J connectivity index is 1.38. The molecule has 0 saturated carbocycles. The van der Waals surface area contributed by atoms with E-state index < -0.39 is 0 Å². The third-order valence-electron chi connectivity index (χ3n) is 4.55. The van der Waals surface area contributed by atoms with Crippen LogP contribution in [0.3, 0.4) is 0 Å². The molecule has 0 spiro atoms. The van der Waals surface area contributed by atoms with Gasteiger partial charge >= 0.3 is 0 Å². The van der Waals surface area contributed by atoms with E-state index in [0.29, 0.717) is 6.42 Å². The van der Waals surface area contributed by atoms with E-state index in [0.717, 1.165) is 44.7 Å². The van der Waals surface area contributed by atoms with E-state index in [2.05, 4.69) is 46.3 Å². The van der Waals surface area contributed by atoms with Gasteiger partial charge in [-0.15, -0.1) is 0 Å². The zero-order valence-electron chi connectivity index (χ0n) is 14.6. The van der Waals surface area contributed by atoms with Crippen LogP contribution in [-0.4, -0.2) is 53.4 Å². The SMILES string of the molecule is O=C(CCc1cccnc1)N1CCN(C/C=C/c2ccccc2)CC1. The molecule has 1 aromatic heterocycles. The molecule has 25 heavy (non-hydrogen) atoms. The molecule has 2 aromatic rings. The van der Waals surface area contributed by atoms with Crippen LogP contribution < -0.4 is 0 Å². The Morgan fingerprint density at radius 3 is 2.56 bits per heavy atom. The van der Waals surface area contributed by atoms with Gasteiger partial charge in [-0.3, -0.25) is 14.7 Å². The van der Waals surface area contributed by atoms with Gasteiger partial charge < -0.3 is 4.90 Å². The summed E-state index contributed by atoms with van der Waals surface area (Å²) in [5.74, 6) is 0.253. The molecule has 0 radical (unpaired) electrons. The summed E-state index contributed by atoms with van der Waals surface area (Å²) in [6.07, 6.45) is 9.30. The number of aryl methyl sites for hydroxylation is 1. The number of carbonyl (C=O) groups is 1. The fraction of sp³-hybridized carbons (Fsp3) is 0.333. The molecule has 1 aliphatic heterocycles. The van der Waals surface area contributed by atoms with Crippen LogP contribution in [0.4, 0.5) is 0 Å². The predicted octanol–water partition coefficient (Wildman–Crippen LogP) is 2.87. The first-order valence-corrected chi connectivity index (χ1v) is 8.92. The summed E-state index contributed by atoms with van der Waals surface area (Å²) in [7, 11) is 0. The number of aromatic nitrogens is 1. The lowest BCUT2D eigenvalue weighted by molar-refractivity contribution is -0.132. The molecular formula is C21H25N3O. The van der Waals surface area contributed by atoms with E-state index in [1.807, 2.05) is 29.3 Å². The molecule has 0 N–H and O–H groups in total. The van der Waals surface area contributed by atoms with Crippen molar-refractivity contribution in [3.8, 4) is 0 Å². The number of hydrogen-bond donors (Lipinski definition) is 0. The van der Waals surface area contributed by atoms with Gasteiger partial charge in [0.25, 0.3) is 0 Å². The van der Waals surface area contributed by atoms with Crippen molar-refractivity contribution in [2.45, 2.75) is 12.8 Å². The number of carbonyl (C=O) groups excluding carboxylic acids is 1. The van der Waals surface area contributed by atoms with Gasteiger partial charge in [0.15, 0.2) is 0 Å². The molecule has 4 nitrogen and oxygen atoms in total. The molecule has 1 aromatic carbocycles. The second-order valence-electron chi connectivity index (χ2n) is 6.36. The third-order valence-corrected chi connectivity index (χ3v) is 4.55. The molecule has 1 fully saturated rings. The quantitative estimate of drug-likeness (QED) is 0.814. The van der Waals surface area contributed by atoms with E-state index in [-0.39, 0.29) is 5.91 Å². The van der Waals surface area contributed by atoms with E-state index in [1.54, 1.807) is 6.20 Å². The average molecular weight is 335 g/mol. The first kappa shape index (κ1) is 17.4. The lowest BCUT2D eigenvalue weighted by atomic mass is 10.1. The van der Waals surface area contributed by atoms with Gasteiger partial charge in [-0.25, -0.2) is 0 Å². The van der Waals surface area contributed by atoms with Gasteiger partial charge in [-0.05, 0) is 23.6 Å². The van der Waals surface area contributed by atoms with Crippen molar-refractivity contribution in [1.29, 1.82) is 0 Å². The monoisotopic (exact) mass is 335 g/mol. The van der Waals surface area contributed by atoms with Gasteiger partial charge in [0.1, 0.15) is 0 Å². The van der Waals surface area contributed by atoms with Crippen molar-refractivity contribution >= 4 is 12.0 Å². The van der Waals surface area contributed by atoms with Crippen LogP contribution >= 0.6 is 0 Å². The van der Waals surface area contributed by atoms with E-state index in [1.165, 1.54) is 5.56 Å². The van der Waals surface area contributed by atoms with Crippen molar-refractivity contribution in [3.63, 3.8) is 0 Å². The smallest absolute Gasteiger partial charge is 0.222 e. The van der Waals surface area contributed by atoms with Crippen LogP contribution in [0.25, 0.3) is 6.08 Å². The number of piperazine rings is 1. The molecule has 4 heteroatoms. The minimum absolute atomic E-state index is 0.253. The first-order chi connectivity index (χ1) is 12.3. The number of pyridine rings is 1. The molecule has 130 valence electrons. The van der Waals surface area contributed by atoms with Gasteiger partial charge in [-0.2, -0.15) is 0 Å². The number of nitrogens with zero attached hydrogens (tertiary/aromatic N) is 3. The van der Waals surface area contributed by atoms with Crippen molar-refractivity contribution in [2.24, 2.45) is 0 Å². The molecule has 0 unspecified atom stereocenters. The Morgan fingerprint density at radius 2 is 1.84 bits per heavy atom. The van der Waals surface area contributed by atoms with Crippen LogP contribution in [0.2, 0.25) is 0 Å². The molecule has 1 amide bonds. The van der Waals surface area contributed by atoms with Gasteiger partial charge in [-0.1, -0.05) is 48.6 Å². The highest BCUT2D eigenvalue weighted by atomic mass is 16.2. The number of hydrogen-bond acceptors (Lipinski definition) is 3. The van der Waals surface area contributed by atoms with Crippen molar-refractivity contribution in [1.82, 2.24) is 14.8 Å². The molecule has 1 aliphatic rings. The lowest BCUT2D eigenvalue weighted by Crippen LogP contribution is -2.48. The van der Waals surface area contributed by atoms with Crippen LogP contribution in [0.15, 0.2) is 60.9 Å². The zero-order chi connectivity index (χ0) is 17.3. The average Bonchev–Trinajstić information content (AvgIpc) is 2.68. The fourth-order valence-corrected chi connectivity index (χ4v) is 3.04. The highest BCUT2D eigenvalue weighted by Crippen LogP contribution is 2.08. The van der Waals surface area contributed by atoms with Crippen LogP contribution in [-0.2, 0) is 11.2 Å². The maximum atomic E-state index is 12.4. The summed E-state index contributed by atoms with van der Waals surface area (Å²) < 4.78 is 0. The van der Waals surface area contributed by atoms with Gasteiger partial charge in [0.05, 0.1) is 0 Å². The predicted molar refractivity (Wildman–Crippen MR) is 101 cm³/mol. The highest BCUT2D eigenvalue weighted by Gasteiger charge is 2.19. The molecule has 0 atom stereocenters. The standard InChI is InChI=1S/C21H25N3O/c25-21(11-10-20-8-4-12-22-18-20)24-16-14-23(15-17-24)13-5-9-19-6-2-1-3-7-19/h1-9,12,18H,10-11,13-17H2/b9-5+. The topological polar surface area (TPSA) is 36.4 Å². The lowest BCUT2D eigenvalue weighted by Gasteiger charge is -2.34. The molecular weight excluding hydrogens is 310 g/mol. The Labute approximate surface area is 149 Å². The van der Waals surface area contributed by atoms with E-state index in [4.69, 9.17) is 0 Å². The summed E-state index contributed by atoms with van der Waals surface area (Å²) >= 11 is 0. The van der Waals surface area contributed by atoms with Crippen LogP contribution in [0.5, 0.6) is 0 Å². The van der Waals surface area contributed by atoms with Crippen molar-refractivity contribution in [2.75, 3.05) is 32.7 Å². The molecule has 3 rings (SSSR count). The van der Waals surface area contributed by atoms with Crippen LogP contribution in [0, 0.1) is 0 Å². The van der Waals surface area contributed by atoms with Crippen LogP contribution in [0.1, 0.15) is 17.5 Å². The number of rotatable bonds is 6. The Morgan fingerprint density at radius 1 is 1.04 bits per heavy atom. The first-order valence-electron chi connectivity index (χ1n) is 8.92. The summed E-state index contributed by atoms with van der Waals surface area (Å²) in [4.78, 5) is 20.8. The van der Waals surface area contributed by atoms with Gasteiger partial charge in [0, 0.05) is 51.5 Å². The van der Waals surface area contributed by atoms with Crippen molar-refractivity contribution < 1.29 is 4.79 Å². The molecule has 1 saturated heterocycles. The second-order valence-corrected chi connectivity index (χ2v) is 6.36. The maximum absolute atomic E-state index is 12.4. The van der Waals surface area contributed by atoms with Gasteiger partial charge in [0.2, 0.25) is 5.91 Å². The molecule has 0 aliphatic carbocycles. The minimum Gasteiger partial charge on any atom is -0.340 e. The molecule has 2 heterocycles. The van der Waals surface area contributed by atoms with E-state index in [9.17, 15) is 4.79 Å². The third kappa shape index (κ3) is 5.54. The molecule has 0 bridgehead atoms. The maximum Gasteiger partial charge on any atom is 0.222 e. The second kappa shape index (κ2) is 9.14. The summed E-state index contributed by atoms with van der Waals surface area (Å²) in [6.45, 7) is 4.47. The minimum atomic E-state index is 0.253. The Kier molecular flexibility index (Phi) is 6.35.